The summed E-state index contributed by atoms with van der Waals surface area (Å²) in [7, 11) is 1.76. The Morgan fingerprint density at radius 1 is 1.55 bits per heavy atom. The van der Waals surface area contributed by atoms with Crippen molar-refractivity contribution in [3.8, 4) is 0 Å². The van der Waals surface area contributed by atoms with Gasteiger partial charge >= 0.3 is 0 Å². The van der Waals surface area contributed by atoms with Gasteiger partial charge in [-0.15, -0.1) is 11.3 Å². The van der Waals surface area contributed by atoms with Gasteiger partial charge in [-0.3, -0.25) is 4.90 Å². The average molecular weight is 297 g/mol. The molecule has 1 aliphatic rings. The van der Waals surface area contributed by atoms with Crippen molar-refractivity contribution in [2.75, 3.05) is 20.3 Å². The van der Waals surface area contributed by atoms with Crippen LogP contribution in [0.15, 0.2) is 5.38 Å². The highest BCUT2D eigenvalue weighted by atomic mass is 32.1. The van der Waals surface area contributed by atoms with Gasteiger partial charge in [0.1, 0.15) is 5.01 Å². The van der Waals surface area contributed by atoms with Crippen LogP contribution in [0.4, 0.5) is 0 Å². The molecule has 0 saturated heterocycles. The molecule has 0 radical (unpaired) electrons. The van der Waals surface area contributed by atoms with Gasteiger partial charge in [0, 0.05) is 44.2 Å². The predicted octanol–water partition coefficient (Wildman–Crippen LogP) is 2.64. The molecule has 0 bridgehead atoms. The molecule has 1 unspecified atom stereocenters. The lowest BCUT2D eigenvalue weighted by Gasteiger charge is -2.27. The number of hydrogen-bond donors (Lipinski definition) is 1. The van der Waals surface area contributed by atoms with Crippen LogP contribution < -0.4 is 5.32 Å². The molecule has 1 atom stereocenters. The Hall–Kier alpha value is -0.490. The molecule has 5 heteroatoms. The Labute approximate surface area is 126 Å². The molecule has 0 aromatic carbocycles. The van der Waals surface area contributed by atoms with Crippen molar-refractivity contribution in [3.05, 3.63) is 16.1 Å². The van der Waals surface area contributed by atoms with E-state index in [1.165, 1.54) is 23.5 Å². The molecule has 20 heavy (non-hydrogen) atoms. The first-order valence-electron chi connectivity index (χ1n) is 7.62. The average Bonchev–Trinajstić information content (AvgIpc) is 3.19. The fourth-order valence-corrected chi connectivity index (χ4v) is 2.89. The summed E-state index contributed by atoms with van der Waals surface area (Å²) >= 11 is 1.77. The van der Waals surface area contributed by atoms with Crippen LogP contribution in [0.2, 0.25) is 0 Å². The van der Waals surface area contributed by atoms with Crippen molar-refractivity contribution >= 4 is 11.3 Å². The van der Waals surface area contributed by atoms with Gasteiger partial charge < -0.3 is 10.1 Å². The second-order valence-corrected chi connectivity index (χ2v) is 6.55. The van der Waals surface area contributed by atoms with Crippen LogP contribution in [0.1, 0.15) is 43.8 Å². The number of thiazole rings is 1. The predicted molar refractivity (Wildman–Crippen MR) is 84.0 cm³/mol. The summed E-state index contributed by atoms with van der Waals surface area (Å²) in [5.74, 6) is 0. The minimum atomic E-state index is 0.569. The number of nitrogens with one attached hydrogen (secondary N) is 1. The summed E-state index contributed by atoms with van der Waals surface area (Å²) in [5.41, 5.74) is 1.19. The van der Waals surface area contributed by atoms with Crippen LogP contribution in [0.25, 0.3) is 0 Å². The fraction of sp³-hybridized carbons (Fsp3) is 0.800. The molecule has 0 amide bonds. The molecule has 1 aromatic heterocycles. The van der Waals surface area contributed by atoms with Crippen LogP contribution in [0.5, 0.6) is 0 Å². The van der Waals surface area contributed by atoms with Gasteiger partial charge in [-0.1, -0.05) is 6.92 Å². The third-order valence-electron chi connectivity index (χ3n) is 3.88. The van der Waals surface area contributed by atoms with Crippen LogP contribution in [-0.2, 0) is 17.8 Å². The summed E-state index contributed by atoms with van der Waals surface area (Å²) in [6.07, 6.45) is 3.82. The highest BCUT2D eigenvalue weighted by Crippen LogP contribution is 2.20. The summed E-state index contributed by atoms with van der Waals surface area (Å²) < 4.78 is 5.21. The zero-order valence-electron chi connectivity index (χ0n) is 12.9. The van der Waals surface area contributed by atoms with Crippen LogP contribution in [-0.4, -0.2) is 42.2 Å². The molecule has 1 fully saturated rings. The van der Waals surface area contributed by atoms with Gasteiger partial charge in [-0.2, -0.15) is 0 Å². The van der Waals surface area contributed by atoms with E-state index < -0.39 is 0 Å². The fourth-order valence-electron chi connectivity index (χ4n) is 2.15. The Morgan fingerprint density at radius 3 is 3.00 bits per heavy atom. The van der Waals surface area contributed by atoms with E-state index in [2.05, 4.69) is 29.4 Å². The number of nitrogens with zero attached hydrogens (tertiary/aromatic N) is 2. The summed E-state index contributed by atoms with van der Waals surface area (Å²) in [6.45, 7) is 8.12. The second-order valence-electron chi connectivity index (χ2n) is 5.61. The van der Waals surface area contributed by atoms with Crippen molar-refractivity contribution in [1.29, 1.82) is 0 Å². The second kappa shape index (κ2) is 8.08. The SMILES string of the molecule is CCC(C)N(CCOC)Cc1csc(CNC2CC2)n1. The number of ether oxygens (including phenoxy) is 1. The van der Waals surface area contributed by atoms with Crippen molar-refractivity contribution in [2.45, 2.75) is 58.3 Å². The molecule has 0 spiro atoms. The number of hydrogen-bond acceptors (Lipinski definition) is 5. The molecule has 1 saturated carbocycles. The van der Waals surface area contributed by atoms with Crippen LogP contribution >= 0.6 is 11.3 Å². The molecule has 0 aliphatic heterocycles. The molecule has 2 rings (SSSR count). The van der Waals surface area contributed by atoms with Crippen molar-refractivity contribution < 1.29 is 4.74 Å². The standard InChI is InChI=1S/C15H27N3OS/c1-4-12(2)18(7-8-19-3)10-14-11-20-15(17-14)9-16-13-5-6-13/h11-13,16H,4-10H2,1-3H3. The van der Waals surface area contributed by atoms with E-state index in [4.69, 9.17) is 9.72 Å². The number of aromatic nitrogens is 1. The normalized spacial score (nSPS) is 16.8. The molecule has 4 nitrogen and oxygen atoms in total. The monoisotopic (exact) mass is 297 g/mol. The maximum absolute atomic E-state index is 5.21. The lowest BCUT2D eigenvalue weighted by molar-refractivity contribution is 0.117. The Balaban J connectivity index is 1.84. The molecule has 1 heterocycles. The van der Waals surface area contributed by atoms with E-state index in [9.17, 15) is 0 Å². The first kappa shape index (κ1) is 15.9. The largest absolute Gasteiger partial charge is 0.383 e. The summed E-state index contributed by atoms with van der Waals surface area (Å²) in [5, 5.41) is 6.93. The lowest BCUT2D eigenvalue weighted by atomic mass is 10.2. The minimum Gasteiger partial charge on any atom is -0.383 e. The van der Waals surface area contributed by atoms with Gasteiger partial charge in [-0.05, 0) is 26.2 Å². The third kappa shape index (κ3) is 5.13. The number of methoxy groups -OCH3 is 1. The van der Waals surface area contributed by atoms with E-state index >= 15 is 0 Å². The minimum absolute atomic E-state index is 0.569. The van der Waals surface area contributed by atoms with Crippen molar-refractivity contribution in [3.63, 3.8) is 0 Å². The van der Waals surface area contributed by atoms with Crippen LogP contribution in [0.3, 0.4) is 0 Å². The van der Waals surface area contributed by atoms with E-state index in [-0.39, 0.29) is 0 Å². The molecule has 114 valence electrons. The Morgan fingerprint density at radius 2 is 2.35 bits per heavy atom. The smallest absolute Gasteiger partial charge is 0.107 e. The summed E-state index contributed by atoms with van der Waals surface area (Å²) in [6, 6.07) is 1.32. The van der Waals surface area contributed by atoms with E-state index in [1.807, 2.05) is 0 Å². The Bertz CT molecular complexity index is 392. The van der Waals surface area contributed by atoms with E-state index in [0.717, 1.165) is 38.7 Å². The first-order chi connectivity index (χ1) is 9.72. The molecular weight excluding hydrogens is 270 g/mol. The van der Waals surface area contributed by atoms with Crippen LogP contribution in [0, 0.1) is 0 Å². The number of rotatable bonds is 10. The van der Waals surface area contributed by atoms with E-state index in [0.29, 0.717) is 6.04 Å². The molecule has 1 aromatic rings. The first-order valence-corrected chi connectivity index (χ1v) is 8.50. The molecule has 1 aliphatic carbocycles. The van der Waals surface area contributed by atoms with Gasteiger partial charge in [0.15, 0.2) is 0 Å². The van der Waals surface area contributed by atoms with Crippen molar-refractivity contribution in [1.82, 2.24) is 15.2 Å². The Kier molecular flexibility index (Phi) is 6.42. The third-order valence-corrected chi connectivity index (χ3v) is 4.78. The molecule has 1 N–H and O–H groups in total. The van der Waals surface area contributed by atoms with Crippen molar-refractivity contribution in [2.24, 2.45) is 0 Å². The highest BCUT2D eigenvalue weighted by molar-refractivity contribution is 7.09. The zero-order valence-corrected chi connectivity index (χ0v) is 13.7. The van der Waals surface area contributed by atoms with Gasteiger partial charge in [-0.25, -0.2) is 4.98 Å². The lowest BCUT2D eigenvalue weighted by Crippen LogP contribution is -2.35. The quantitative estimate of drug-likeness (QED) is 0.720. The van der Waals surface area contributed by atoms with Gasteiger partial charge in [0.25, 0.3) is 0 Å². The molecular formula is C15H27N3OS. The van der Waals surface area contributed by atoms with Gasteiger partial charge in [0.2, 0.25) is 0 Å². The maximum Gasteiger partial charge on any atom is 0.107 e. The highest BCUT2D eigenvalue weighted by Gasteiger charge is 2.20. The maximum atomic E-state index is 5.21. The topological polar surface area (TPSA) is 37.4 Å². The van der Waals surface area contributed by atoms with E-state index in [1.54, 1.807) is 18.4 Å². The zero-order chi connectivity index (χ0) is 14.4. The van der Waals surface area contributed by atoms with Gasteiger partial charge in [0.05, 0.1) is 12.3 Å². The summed E-state index contributed by atoms with van der Waals surface area (Å²) in [4.78, 5) is 7.20.